The Morgan fingerprint density at radius 1 is 1.21 bits per heavy atom. The molecule has 0 fully saturated rings. The zero-order valence-electron chi connectivity index (χ0n) is 6.96. The summed E-state index contributed by atoms with van der Waals surface area (Å²) in [5.41, 5.74) is 5.61. The highest BCUT2D eigenvalue weighted by Gasteiger charge is 2.32. The molecular formula is C7H6N4O3. The number of hydrogen-bond donors (Lipinski definition) is 3. The van der Waals surface area contributed by atoms with Crippen molar-refractivity contribution in [3.8, 4) is 0 Å². The van der Waals surface area contributed by atoms with E-state index in [4.69, 9.17) is 5.73 Å². The Labute approximate surface area is 78.0 Å². The Morgan fingerprint density at radius 3 is 2.64 bits per heavy atom. The molecule has 0 unspecified atom stereocenters. The molecule has 2 rings (SSSR count). The number of carbonyl (C=O) groups excluding carboxylic acids is 3. The van der Waals surface area contributed by atoms with Crippen molar-refractivity contribution in [3.63, 3.8) is 0 Å². The molecule has 14 heavy (non-hydrogen) atoms. The Bertz CT molecular complexity index is 421. The monoisotopic (exact) mass is 194 g/mol. The van der Waals surface area contributed by atoms with Gasteiger partial charge in [0.1, 0.15) is 11.4 Å². The fourth-order valence-corrected chi connectivity index (χ4v) is 1.31. The van der Waals surface area contributed by atoms with E-state index in [2.05, 4.69) is 10.3 Å². The van der Waals surface area contributed by atoms with Crippen molar-refractivity contribution in [3.05, 3.63) is 11.4 Å². The van der Waals surface area contributed by atoms with Crippen molar-refractivity contribution < 1.29 is 14.4 Å². The molecular weight excluding hydrogens is 188 g/mol. The van der Waals surface area contributed by atoms with Crippen molar-refractivity contribution in [2.24, 2.45) is 10.7 Å². The zero-order chi connectivity index (χ0) is 10.3. The number of imide groups is 1. The van der Waals surface area contributed by atoms with Gasteiger partial charge in [0.15, 0.2) is 0 Å². The topological polar surface area (TPSA) is 114 Å². The number of nitrogens with one attached hydrogen (secondary N) is 2. The summed E-state index contributed by atoms with van der Waals surface area (Å²) in [4.78, 5) is 36.6. The number of amides is 4. The van der Waals surface area contributed by atoms with E-state index in [1.54, 1.807) is 0 Å². The van der Waals surface area contributed by atoms with Crippen LogP contribution in [0.25, 0.3) is 0 Å². The normalized spacial score (nSPS) is 21.1. The third-order valence-corrected chi connectivity index (χ3v) is 1.84. The molecule has 0 saturated heterocycles. The van der Waals surface area contributed by atoms with Gasteiger partial charge in [-0.3, -0.25) is 14.9 Å². The van der Waals surface area contributed by atoms with Crippen LogP contribution >= 0.6 is 0 Å². The predicted octanol–water partition coefficient (Wildman–Crippen LogP) is -1.63. The van der Waals surface area contributed by atoms with E-state index in [-0.39, 0.29) is 29.4 Å². The second-order valence-corrected chi connectivity index (χ2v) is 2.83. The largest absolute Gasteiger partial charge is 0.384 e. The first-order valence-corrected chi connectivity index (χ1v) is 3.81. The number of urea groups is 1. The highest BCUT2D eigenvalue weighted by molar-refractivity contribution is 6.33. The van der Waals surface area contributed by atoms with E-state index in [1.807, 2.05) is 5.32 Å². The molecule has 4 amide bonds. The van der Waals surface area contributed by atoms with E-state index in [0.29, 0.717) is 0 Å². The quantitative estimate of drug-likeness (QED) is 0.429. The maximum absolute atomic E-state index is 11.3. The van der Waals surface area contributed by atoms with Crippen molar-refractivity contribution in [1.29, 1.82) is 0 Å². The van der Waals surface area contributed by atoms with Crippen LogP contribution < -0.4 is 16.4 Å². The van der Waals surface area contributed by atoms with E-state index in [9.17, 15) is 14.4 Å². The summed E-state index contributed by atoms with van der Waals surface area (Å²) in [5, 5.41) is 4.26. The van der Waals surface area contributed by atoms with Crippen LogP contribution in [0.5, 0.6) is 0 Å². The van der Waals surface area contributed by atoms with Gasteiger partial charge in [-0.2, -0.15) is 4.99 Å². The van der Waals surface area contributed by atoms with Crippen LogP contribution in [0.15, 0.2) is 16.4 Å². The number of nitrogens with two attached hydrogens (primary N) is 1. The van der Waals surface area contributed by atoms with Crippen LogP contribution in [-0.4, -0.2) is 23.6 Å². The molecule has 0 aliphatic carbocycles. The summed E-state index contributed by atoms with van der Waals surface area (Å²) in [7, 11) is 0. The Kier molecular flexibility index (Phi) is 1.60. The van der Waals surface area contributed by atoms with Crippen LogP contribution in [-0.2, 0) is 9.59 Å². The summed E-state index contributed by atoms with van der Waals surface area (Å²) >= 11 is 0. The molecule has 72 valence electrons. The molecule has 0 aromatic heterocycles. The summed E-state index contributed by atoms with van der Waals surface area (Å²) in [6, 6.07) is -0.767. The van der Waals surface area contributed by atoms with Crippen LogP contribution in [0.2, 0.25) is 0 Å². The van der Waals surface area contributed by atoms with Crippen molar-refractivity contribution >= 4 is 23.6 Å². The van der Waals surface area contributed by atoms with Gasteiger partial charge in [-0.05, 0) is 0 Å². The molecule has 2 aliphatic heterocycles. The molecule has 4 N–H and O–H groups in total. The third-order valence-electron chi connectivity index (χ3n) is 1.84. The van der Waals surface area contributed by atoms with Crippen LogP contribution in [0.4, 0.5) is 4.79 Å². The van der Waals surface area contributed by atoms with Gasteiger partial charge in [-0.1, -0.05) is 0 Å². The summed E-state index contributed by atoms with van der Waals surface area (Å²) in [5.74, 6) is -1.07. The van der Waals surface area contributed by atoms with Crippen LogP contribution in [0.3, 0.4) is 0 Å². The predicted molar refractivity (Wildman–Crippen MR) is 44.9 cm³/mol. The third kappa shape index (κ3) is 1.15. The lowest BCUT2D eigenvalue weighted by Crippen LogP contribution is -2.46. The van der Waals surface area contributed by atoms with Crippen molar-refractivity contribution in [2.45, 2.75) is 6.42 Å². The molecule has 0 aromatic rings. The van der Waals surface area contributed by atoms with Crippen LogP contribution in [0.1, 0.15) is 6.42 Å². The molecule has 0 saturated carbocycles. The number of nitrogens with zero attached hydrogens (tertiary/aromatic N) is 1. The van der Waals surface area contributed by atoms with E-state index >= 15 is 0 Å². The van der Waals surface area contributed by atoms with Crippen molar-refractivity contribution in [1.82, 2.24) is 10.6 Å². The summed E-state index contributed by atoms with van der Waals surface area (Å²) < 4.78 is 0. The van der Waals surface area contributed by atoms with Gasteiger partial charge >= 0.3 is 6.03 Å². The number of rotatable bonds is 0. The SMILES string of the molecule is NC1=C2C(=O)NC(=O)N=C2CC(=O)N1. The Balaban J connectivity index is 2.55. The molecule has 2 heterocycles. The van der Waals surface area contributed by atoms with E-state index < -0.39 is 11.9 Å². The minimum Gasteiger partial charge on any atom is -0.384 e. The molecule has 0 spiro atoms. The Morgan fingerprint density at radius 2 is 1.93 bits per heavy atom. The zero-order valence-corrected chi connectivity index (χ0v) is 6.96. The van der Waals surface area contributed by atoms with Gasteiger partial charge < -0.3 is 11.1 Å². The minimum absolute atomic E-state index is 0.0648. The molecule has 0 aromatic carbocycles. The fourth-order valence-electron chi connectivity index (χ4n) is 1.31. The lowest BCUT2D eigenvalue weighted by molar-refractivity contribution is -0.119. The van der Waals surface area contributed by atoms with E-state index in [0.717, 1.165) is 0 Å². The first kappa shape index (κ1) is 8.42. The van der Waals surface area contributed by atoms with Gasteiger partial charge in [0.25, 0.3) is 5.91 Å². The average molecular weight is 194 g/mol. The molecule has 7 nitrogen and oxygen atoms in total. The maximum Gasteiger partial charge on any atom is 0.348 e. The Hall–Kier alpha value is -2.18. The standard InChI is InChI=1S/C7H6N4O3/c8-5-4-2(1-3(12)10-5)9-7(14)11-6(4)13/h1,8H2,(H,10,12)(H,11,13,14). The second kappa shape index (κ2) is 2.66. The number of fused-ring (bicyclic) bond motifs is 1. The second-order valence-electron chi connectivity index (χ2n) is 2.83. The molecule has 2 aliphatic rings. The molecule has 0 radical (unpaired) electrons. The van der Waals surface area contributed by atoms with Gasteiger partial charge in [0.2, 0.25) is 5.91 Å². The van der Waals surface area contributed by atoms with Gasteiger partial charge in [0, 0.05) is 0 Å². The highest BCUT2D eigenvalue weighted by Crippen LogP contribution is 2.13. The van der Waals surface area contributed by atoms with Gasteiger partial charge in [-0.15, -0.1) is 0 Å². The lowest BCUT2D eigenvalue weighted by Gasteiger charge is -2.21. The molecule has 0 atom stereocenters. The van der Waals surface area contributed by atoms with Crippen molar-refractivity contribution in [2.75, 3.05) is 0 Å². The summed E-state index contributed by atoms with van der Waals surface area (Å²) in [6.45, 7) is 0. The summed E-state index contributed by atoms with van der Waals surface area (Å²) in [6.07, 6.45) is -0.102. The maximum atomic E-state index is 11.3. The first-order chi connectivity index (χ1) is 6.58. The first-order valence-electron chi connectivity index (χ1n) is 3.81. The lowest BCUT2D eigenvalue weighted by atomic mass is 10.0. The fraction of sp³-hybridized carbons (Fsp3) is 0.143. The number of hydrogen-bond acceptors (Lipinski definition) is 4. The number of carbonyl (C=O) groups is 3. The van der Waals surface area contributed by atoms with Gasteiger partial charge in [-0.25, -0.2) is 4.79 Å². The van der Waals surface area contributed by atoms with Gasteiger partial charge in [0.05, 0.1) is 12.1 Å². The molecule has 0 bridgehead atoms. The minimum atomic E-state index is -0.767. The highest BCUT2D eigenvalue weighted by atomic mass is 16.2. The average Bonchev–Trinajstić information content (AvgIpc) is 1.99. The van der Waals surface area contributed by atoms with E-state index in [1.165, 1.54) is 0 Å². The number of aliphatic imine (C=N–C) groups is 1. The molecule has 7 heteroatoms. The smallest absolute Gasteiger partial charge is 0.348 e. The van der Waals surface area contributed by atoms with Crippen LogP contribution in [0, 0.1) is 0 Å².